The van der Waals surface area contributed by atoms with Gasteiger partial charge < -0.3 is 15.2 Å². The highest BCUT2D eigenvalue weighted by atomic mass is 79.9. The molecule has 1 aromatic heterocycles. The number of phenolic OH excluding ortho intramolecular Hbond substituents is 2. The fraction of sp³-hybridized carbons (Fsp3) is 0. The smallest absolute Gasteiger partial charge is 0.158 e. The summed E-state index contributed by atoms with van der Waals surface area (Å²) in [5.74, 6) is 0.270. The van der Waals surface area contributed by atoms with Gasteiger partial charge in [0, 0.05) is 25.6 Å². The largest absolute Gasteiger partial charge is 0.504 e. The van der Waals surface area contributed by atoms with Crippen LogP contribution in [0.3, 0.4) is 0 Å². The predicted molar refractivity (Wildman–Crippen MR) is 114 cm³/mol. The van der Waals surface area contributed by atoms with E-state index in [1.54, 1.807) is 6.07 Å². The van der Waals surface area contributed by atoms with Crippen LogP contribution in [0.4, 0.5) is 0 Å². The molecule has 0 amide bonds. The van der Waals surface area contributed by atoms with E-state index in [4.69, 9.17) is 4.98 Å². The first-order valence-electron chi connectivity index (χ1n) is 8.15. The topological polar surface area (TPSA) is 69.1 Å². The van der Waals surface area contributed by atoms with Crippen molar-refractivity contribution in [3.63, 3.8) is 0 Å². The van der Waals surface area contributed by atoms with E-state index >= 15 is 0 Å². The second-order valence-electron chi connectivity index (χ2n) is 6.03. The lowest BCUT2D eigenvalue weighted by Gasteiger charge is -2.04. The van der Waals surface area contributed by atoms with Crippen molar-refractivity contribution in [3.05, 3.63) is 75.7 Å². The molecule has 0 unspecified atom stereocenters. The van der Waals surface area contributed by atoms with Gasteiger partial charge in [0.05, 0.1) is 11.4 Å². The van der Waals surface area contributed by atoms with Crippen molar-refractivity contribution in [3.8, 4) is 45.4 Å². The highest BCUT2D eigenvalue weighted by molar-refractivity contribution is 9.10. The standard InChI is InChI=1S/C21H14Br2N2O2/c22-15-6-1-12(2-7-15)19-20(13-3-8-16(23)9-4-13)25-21(24-19)14-5-10-17(26)18(27)11-14/h1-11,26-27H,(H,24,25). The van der Waals surface area contributed by atoms with Crippen LogP contribution in [-0.4, -0.2) is 20.2 Å². The van der Waals surface area contributed by atoms with Crippen molar-refractivity contribution in [2.45, 2.75) is 0 Å². The Bertz CT molecular complexity index is 1040. The number of nitrogens with one attached hydrogen (secondary N) is 1. The normalized spacial score (nSPS) is 10.9. The second kappa shape index (κ2) is 7.21. The maximum atomic E-state index is 9.83. The number of halogens is 2. The quantitative estimate of drug-likeness (QED) is 0.296. The Kier molecular flexibility index (Phi) is 4.76. The molecule has 0 bridgehead atoms. The summed E-state index contributed by atoms with van der Waals surface area (Å²) in [6, 6.07) is 20.6. The molecular weight excluding hydrogens is 472 g/mol. The van der Waals surface area contributed by atoms with E-state index in [1.807, 2.05) is 48.5 Å². The Morgan fingerprint density at radius 2 is 1.22 bits per heavy atom. The molecule has 0 aliphatic heterocycles. The van der Waals surface area contributed by atoms with Gasteiger partial charge in [0.1, 0.15) is 5.82 Å². The molecule has 4 nitrogen and oxygen atoms in total. The summed E-state index contributed by atoms with van der Waals surface area (Å²) in [4.78, 5) is 8.14. The Hall–Kier alpha value is -2.57. The minimum atomic E-state index is -0.181. The molecule has 0 aliphatic rings. The van der Waals surface area contributed by atoms with E-state index in [9.17, 15) is 10.2 Å². The van der Waals surface area contributed by atoms with Crippen LogP contribution in [0, 0.1) is 0 Å². The van der Waals surface area contributed by atoms with Gasteiger partial charge in [-0.25, -0.2) is 4.98 Å². The molecule has 134 valence electrons. The Morgan fingerprint density at radius 1 is 0.667 bits per heavy atom. The number of hydrogen-bond acceptors (Lipinski definition) is 3. The molecule has 3 N–H and O–H groups in total. The maximum Gasteiger partial charge on any atom is 0.158 e. The molecule has 4 rings (SSSR count). The number of H-pyrrole nitrogens is 1. The minimum absolute atomic E-state index is 0.161. The van der Waals surface area contributed by atoms with Crippen LogP contribution < -0.4 is 0 Å². The molecule has 0 saturated carbocycles. The minimum Gasteiger partial charge on any atom is -0.504 e. The number of imidazole rings is 1. The molecule has 4 aromatic rings. The van der Waals surface area contributed by atoms with Crippen LogP contribution in [0.15, 0.2) is 75.7 Å². The fourth-order valence-corrected chi connectivity index (χ4v) is 3.35. The van der Waals surface area contributed by atoms with Gasteiger partial charge in [0.25, 0.3) is 0 Å². The van der Waals surface area contributed by atoms with E-state index in [0.717, 1.165) is 31.5 Å². The first-order valence-corrected chi connectivity index (χ1v) is 9.74. The van der Waals surface area contributed by atoms with E-state index in [-0.39, 0.29) is 11.5 Å². The van der Waals surface area contributed by atoms with Crippen LogP contribution in [0.1, 0.15) is 0 Å². The molecule has 0 aliphatic carbocycles. The van der Waals surface area contributed by atoms with Gasteiger partial charge in [0.15, 0.2) is 11.5 Å². The van der Waals surface area contributed by atoms with Crippen molar-refractivity contribution in [2.24, 2.45) is 0 Å². The summed E-state index contributed by atoms with van der Waals surface area (Å²) >= 11 is 6.92. The van der Waals surface area contributed by atoms with E-state index in [2.05, 4.69) is 36.8 Å². The summed E-state index contributed by atoms with van der Waals surface area (Å²) in [6.07, 6.45) is 0. The summed E-state index contributed by atoms with van der Waals surface area (Å²) in [7, 11) is 0. The Balaban J connectivity index is 1.89. The number of aromatic nitrogens is 2. The number of phenols is 2. The lowest BCUT2D eigenvalue weighted by atomic mass is 10.1. The summed E-state index contributed by atoms with van der Waals surface area (Å²) < 4.78 is 2.00. The first-order chi connectivity index (χ1) is 13.0. The third-order valence-corrected chi connectivity index (χ3v) is 5.26. The second-order valence-corrected chi connectivity index (χ2v) is 7.86. The molecule has 1 heterocycles. The Morgan fingerprint density at radius 3 is 1.81 bits per heavy atom. The predicted octanol–water partition coefficient (Wildman–Crippen LogP) is 6.35. The molecule has 3 aromatic carbocycles. The summed E-state index contributed by atoms with van der Waals surface area (Å²) in [6.45, 7) is 0. The summed E-state index contributed by atoms with van der Waals surface area (Å²) in [5.41, 5.74) is 4.35. The fourth-order valence-electron chi connectivity index (χ4n) is 2.82. The SMILES string of the molecule is Oc1ccc(-c2nc(-c3ccc(Br)cc3)c(-c3ccc(Br)cc3)[nH]2)cc1O. The highest BCUT2D eigenvalue weighted by Gasteiger charge is 2.16. The number of aromatic amines is 1. The number of hydrogen-bond donors (Lipinski definition) is 3. The third-order valence-electron chi connectivity index (χ3n) is 4.20. The molecule has 0 saturated heterocycles. The van der Waals surface area contributed by atoms with E-state index < -0.39 is 0 Å². The molecule has 0 fully saturated rings. The van der Waals surface area contributed by atoms with Gasteiger partial charge in [-0.2, -0.15) is 0 Å². The summed E-state index contributed by atoms with van der Waals surface area (Å²) in [5, 5.41) is 19.4. The van der Waals surface area contributed by atoms with Crippen LogP contribution in [0.5, 0.6) is 11.5 Å². The van der Waals surface area contributed by atoms with Crippen molar-refractivity contribution in [2.75, 3.05) is 0 Å². The zero-order chi connectivity index (χ0) is 19.0. The van der Waals surface area contributed by atoms with Gasteiger partial charge in [-0.1, -0.05) is 56.1 Å². The number of nitrogens with zero attached hydrogens (tertiary/aromatic N) is 1. The lowest BCUT2D eigenvalue weighted by Crippen LogP contribution is -1.83. The Labute approximate surface area is 172 Å². The molecule has 27 heavy (non-hydrogen) atoms. The van der Waals surface area contributed by atoms with E-state index in [0.29, 0.717) is 11.4 Å². The van der Waals surface area contributed by atoms with Crippen molar-refractivity contribution < 1.29 is 10.2 Å². The van der Waals surface area contributed by atoms with Crippen molar-refractivity contribution >= 4 is 31.9 Å². The monoisotopic (exact) mass is 484 g/mol. The van der Waals surface area contributed by atoms with Crippen LogP contribution in [-0.2, 0) is 0 Å². The van der Waals surface area contributed by atoms with Crippen LogP contribution >= 0.6 is 31.9 Å². The van der Waals surface area contributed by atoms with E-state index in [1.165, 1.54) is 12.1 Å². The average molecular weight is 486 g/mol. The van der Waals surface area contributed by atoms with Crippen LogP contribution in [0.25, 0.3) is 33.9 Å². The zero-order valence-corrected chi connectivity index (χ0v) is 17.1. The zero-order valence-electron chi connectivity index (χ0n) is 13.9. The molecule has 6 heteroatoms. The molecule has 0 spiro atoms. The van der Waals surface area contributed by atoms with Crippen molar-refractivity contribution in [1.29, 1.82) is 0 Å². The third kappa shape index (κ3) is 3.63. The molecule has 0 radical (unpaired) electrons. The van der Waals surface area contributed by atoms with Gasteiger partial charge in [-0.15, -0.1) is 0 Å². The number of benzene rings is 3. The number of rotatable bonds is 3. The van der Waals surface area contributed by atoms with Crippen molar-refractivity contribution in [1.82, 2.24) is 9.97 Å². The maximum absolute atomic E-state index is 9.83. The highest BCUT2D eigenvalue weighted by Crippen LogP contribution is 2.36. The van der Waals surface area contributed by atoms with Gasteiger partial charge in [0.2, 0.25) is 0 Å². The van der Waals surface area contributed by atoms with Gasteiger partial charge >= 0.3 is 0 Å². The average Bonchev–Trinajstić information content (AvgIpc) is 3.10. The van der Waals surface area contributed by atoms with Gasteiger partial charge in [-0.05, 0) is 42.5 Å². The van der Waals surface area contributed by atoms with Gasteiger partial charge in [-0.3, -0.25) is 0 Å². The first kappa shape index (κ1) is 17.8. The van der Waals surface area contributed by atoms with Crippen LogP contribution in [0.2, 0.25) is 0 Å². The molecular formula is C21H14Br2N2O2. The molecule has 0 atom stereocenters. The lowest BCUT2D eigenvalue weighted by molar-refractivity contribution is 0.404. The number of aromatic hydroxyl groups is 2.